The summed E-state index contributed by atoms with van der Waals surface area (Å²) >= 11 is 0. The first kappa shape index (κ1) is 15.2. The van der Waals surface area contributed by atoms with Crippen LogP contribution in [0.3, 0.4) is 0 Å². The molecule has 4 heteroatoms. The minimum Gasteiger partial charge on any atom is -0.341 e. The predicted molar refractivity (Wildman–Crippen MR) is 83.9 cm³/mol. The van der Waals surface area contributed by atoms with Crippen LogP contribution in [0.25, 0.3) is 0 Å². The lowest BCUT2D eigenvalue weighted by molar-refractivity contribution is 0.325. The standard InChI is InChI=1S/C16H28N4/c1-13(2)17-10-14-11-18-15(19-12-14)20-8-5-6-16(3,4)7-9-20/h11-13,17H,5-10H2,1-4H3. The highest BCUT2D eigenvalue weighted by atomic mass is 15.2. The van der Waals surface area contributed by atoms with Gasteiger partial charge in [-0.1, -0.05) is 27.7 Å². The van der Waals surface area contributed by atoms with Gasteiger partial charge in [0.1, 0.15) is 0 Å². The lowest BCUT2D eigenvalue weighted by Crippen LogP contribution is -2.27. The number of hydrogen-bond donors (Lipinski definition) is 1. The lowest BCUT2D eigenvalue weighted by atomic mass is 9.85. The van der Waals surface area contributed by atoms with E-state index in [4.69, 9.17) is 0 Å². The van der Waals surface area contributed by atoms with Gasteiger partial charge >= 0.3 is 0 Å². The van der Waals surface area contributed by atoms with Crippen molar-refractivity contribution in [3.8, 4) is 0 Å². The molecule has 0 aliphatic carbocycles. The molecule has 112 valence electrons. The Kier molecular flexibility index (Phi) is 4.97. The highest BCUT2D eigenvalue weighted by molar-refractivity contribution is 5.30. The van der Waals surface area contributed by atoms with Gasteiger partial charge in [0.05, 0.1) is 0 Å². The van der Waals surface area contributed by atoms with Crippen molar-refractivity contribution in [2.24, 2.45) is 5.41 Å². The van der Waals surface area contributed by atoms with Crippen LogP contribution in [-0.4, -0.2) is 29.1 Å². The number of aromatic nitrogens is 2. The molecule has 2 rings (SSSR count). The molecule has 1 aliphatic heterocycles. The molecule has 1 aliphatic rings. The maximum absolute atomic E-state index is 4.54. The third-order valence-electron chi connectivity index (χ3n) is 4.03. The summed E-state index contributed by atoms with van der Waals surface area (Å²) in [4.78, 5) is 11.4. The molecule has 0 bridgehead atoms. The van der Waals surface area contributed by atoms with E-state index in [0.29, 0.717) is 11.5 Å². The van der Waals surface area contributed by atoms with Gasteiger partial charge in [0.2, 0.25) is 5.95 Å². The van der Waals surface area contributed by atoms with E-state index in [1.165, 1.54) is 19.3 Å². The molecule has 0 aromatic carbocycles. The Labute approximate surface area is 123 Å². The van der Waals surface area contributed by atoms with Crippen molar-refractivity contribution in [3.63, 3.8) is 0 Å². The number of hydrogen-bond acceptors (Lipinski definition) is 4. The largest absolute Gasteiger partial charge is 0.341 e. The molecular weight excluding hydrogens is 248 g/mol. The first-order valence-electron chi connectivity index (χ1n) is 7.75. The molecule has 0 saturated carbocycles. The van der Waals surface area contributed by atoms with Crippen LogP contribution in [-0.2, 0) is 6.54 Å². The summed E-state index contributed by atoms with van der Waals surface area (Å²) in [5.74, 6) is 0.885. The lowest BCUT2D eigenvalue weighted by Gasteiger charge is -2.23. The highest BCUT2D eigenvalue weighted by Crippen LogP contribution is 2.30. The molecule has 0 spiro atoms. The topological polar surface area (TPSA) is 41.1 Å². The Balaban J connectivity index is 1.95. The molecule has 1 fully saturated rings. The monoisotopic (exact) mass is 276 g/mol. The summed E-state index contributed by atoms with van der Waals surface area (Å²) in [5.41, 5.74) is 1.60. The summed E-state index contributed by atoms with van der Waals surface area (Å²) in [6, 6.07) is 0.488. The van der Waals surface area contributed by atoms with Crippen LogP contribution in [0.4, 0.5) is 5.95 Å². The molecule has 2 heterocycles. The Bertz CT molecular complexity index is 411. The van der Waals surface area contributed by atoms with Gasteiger partial charge in [-0.25, -0.2) is 9.97 Å². The first-order chi connectivity index (χ1) is 9.46. The van der Waals surface area contributed by atoms with Crippen molar-refractivity contribution in [1.82, 2.24) is 15.3 Å². The van der Waals surface area contributed by atoms with Crippen molar-refractivity contribution >= 4 is 5.95 Å². The molecule has 0 radical (unpaired) electrons. The van der Waals surface area contributed by atoms with Crippen LogP contribution in [0.15, 0.2) is 12.4 Å². The van der Waals surface area contributed by atoms with Crippen molar-refractivity contribution in [3.05, 3.63) is 18.0 Å². The molecule has 1 N–H and O–H groups in total. The summed E-state index contributed by atoms with van der Waals surface area (Å²) < 4.78 is 0. The molecule has 1 aromatic rings. The van der Waals surface area contributed by atoms with E-state index in [9.17, 15) is 0 Å². The van der Waals surface area contributed by atoms with E-state index in [0.717, 1.165) is 31.1 Å². The number of nitrogens with zero attached hydrogens (tertiary/aromatic N) is 3. The average molecular weight is 276 g/mol. The zero-order chi connectivity index (χ0) is 14.6. The van der Waals surface area contributed by atoms with Crippen molar-refractivity contribution in [2.75, 3.05) is 18.0 Å². The minimum atomic E-state index is 0.454. The molecule has 4 nitrogen and oxygen atoms in total. The van der Waals surface area contributed by atoms with Crippen LogP contribution in [0, 0.1) is 5.41 Å². The summed E-state index contributed by atoms with van der Waals surface area (Å²) in [6.45, 7) is 12.0. The zero-order valence-corrected chi connectivity index (χ0v) is 13.3. The van der Waals surface area contributed by atoms with Crippen LogP contribution in [0.2, 0.25) is 0 Å². The molecule has 0 amide bonds. The summed E-state index contributed by atoms with van der Waals surface area (Å²) in [5, 5.41) is 3.39. The van der Waals surface area contributed by atoms with Gasteiger partial charge in [-0.15, -0.1) is 0 Å². The second kappa shape index (κ2) is 6.53. The molecule has 1 saturated heterocycles. The van der Waals surface area contributed by atoms with Crippen molar-refractivity contribution in [2.45, 2.75) is 59.5 Å². The van der Waals surface area contributed by atoms with Gasteiger partial charge < -0.3 is 10.2 Å². The fourth-order valence-electron chi connectivity index (χ4n) is 2.55. The summed E-state index contributed by atoms with van der Waals surface area (Å²) in [6.07, 6.45) is 7.64. The van der Waals surface area contributed by atoms with Gasteiger partial charge in [0.25, 0.3) is 0 Å². The van der Waals surface area contributed by atoms with Crippen molar-refractivity contribution in [1.29, 1.82) is 0 Å². The summed E-state index contributed by atoms with van der Waals surface area (Å²) in [7, 11) is 0. The number of nitrogens with one attached hydrogen (secondary N) is 1. The van der Waals surface area contributed by atoms with Crippen LogP contribution < -0.4 is 10.2 Å². The Hall–Kier alpha value is -1.16. The normalized spacial score (nSPS) is 19.1. The third-order valence-corrected chi connectivity index (χ3v) is 4.03. The van der Waals surface area contributed by atoms with Crippen LogP contribution in [0.5, 0.6) is 0 Å². The minimum absolute atomic E-state index is 0.454. The van der Waals surface area contributed by atoms with E-state index < -0.39 is 0 Å². The molecular formula is C16H28N4. The van der Waals surface area contributed by atoms with Crippen LogP contribution >= 0.6 is 0 Å². The predicted octanol–water partition coefficient (Wildman–Crippen LogP) is 2.99. The first-order valence-corrected chi connectivity index (χ1v) is 7.75. The highest BCUT2D eigenvalue weighted by Gasteiger charge is 2.23. The Morgan fingerprint density at radius 1 is 1.20 bits per heavy atom. The molecule has 20 heavy (non-hydrogen) atoms. The SMILES string of the molecule is CC(C)NCc1cnc(N2CCCC(C)(C)CC2)nc1. The van der Waals surface area contributed by atoms with Crippen molar-refractivity contribution < 1.29 is 0 Å². The van der Waals surface area contributed by atoms with Gasteiger partial charge in [0, 0.05) is 43.6 Å². The van der Waals surface area contributed by atoms with E-state index >= 15 is 0 Å². The maximum atomic E-state index is 4.54. The molecule has 0 atom stereocenters. The third kappa shape index (κ3) is 4.44. The number of anilines is 1. The van der Waals surface area contributed by atoms with Crippen LogP contribution in [0.1, 0.15) is 52.5 Å². The molecule has 0 unspecified atom stereocenters. The van der Waals surface area contributed by atoms with Gasteiger partial charge in [-0.05, 0) is 24.7 Å². The van der Waals surface area contributed by atoms with E-state index in [2.05, 4.69) is 47.9 Å². The second-order valence-corrected chi connectivity index (χ2v) is 6.93. The van der Waals surface area contributed by atoms with E-state index in [1.807, 2.05) is 12.4 Å². The fourth-order valence-corrected chi connectivity index (χ4v) is 2.55. The van der Waals surface area contributed by atoms with E-state index in [-0.39, 0.29) is 0 Å². The molecule has 1 aromatic heterocycles. The number of rotatable bonds is 4. The Morgan fingerprint density at radius 3 is 2.55 bits per heavy atom. The van der Waals surface area contributed by atoms with Gasteiger partial charge in [0.15, 0.2) is 0 Å². The average Bonchev–Trinajstić information content (AvgIpc) is 2.58. The Morgan fingerprint density at radius 2 is 1.90 bits per heavy atom. The van der Waals surface area contributed by atoms with Gasteiger partial charge in [-0.3, -0.25) is 0 Å². The van der Waals surface area contributed by atoms with E-state index in [1.54, 1.807) is 0 Å². The smallest absolute Gasteiger partial charge is 0.225 e. The second-order valence-electron chi connectivity index (χ2n) is 6.93. The quantitative estimate of drug-likeness (QED) is 0.918. The van der Waals surface area contributed by atoms with Gasteiger partial charge in [-0.2, -0.15) is 0 Å². The maximum Gasteiger partial charge on any atom is 0.225 e. The fraction of sp³-hybridized carbons (Fsp3) is 0.750. The zero-order valence-electron chi connectivity index (χ0n) is 13.3.